The smallest absolute Gasteiger partial charge is 0.241 e. The molecule has 0 bridgehead atoms. The summed E-state index contributed by atoms with van der Waals surface area (Å²) in [5, 5.41) is 0. The fraction of sp³-hybridized carbons (Fsp3) is 0.533. The van der Waals surface area contributed by atoms with E-state index in [0.29, 0.717) is 5.92 Å². The van der Waals surface area contributed by atoms with E-state index in [1.165, 1.54) is 25.7 Å². The topological polar surface area (TPSA) is 29.5 Å². The lowest BCUT2D eigenvalue weighted by molar-refractivity contribution is -0.116. The first-order valence-electron chi connectivity index (χ1n) is 6.75. The van der Waals surface area contributed by atoms with E-state index in [4.69, 9.17) is 16.3 Å². The minimum Gasteiger partial charge on any atom is -0.497 e. The van der Waals surface area contributed by atoms with E-state index < -0.39 is 0 Å². The van der Waals surface area contributed by atoms with Gasteiger partial charge in [0.1, 0.15) is 11.6 Å². The van der Waals surface area contributed by atoms with E-state index in [0.717, 1.165) is 18.0 Å². The van der Waals surface area contributed by atoms with Gasteiger partial charge in [-0.3, -0.25) is 4.79 Å². The average Bonchev–Trinajstić information content (AvgIpc) is 2.97. The van der Waals surface area contributed by atoms with Crippen LogP contribution < -0.4 is 9.64 Å². The third kappa shape index (κ3) is 3.63. The monoisotopic (exact) mass is 281 g/mol. The van der Waals surface area contributed by atoms with Gasteiger partial charge >= 0.3 is 0 Å². The molecule has 1 fully saturated rings. The Labute approximate surface area is 119 Å². The predicted molar refractivity (Wildman–Crippen MR) is 78.0 cm³/mol. The molecule has 1 aromatic rings. The number of ether oxygens (including phenoxy) is 1. The number of rotatable bonds is 5. The van der Waals surface area contributed by atoms with Crippen LogP contribution in [0.4, 0.5) is 5.69 Å². The van der Waals surface area contributed by atoms with Gasteiger partial charge in [0.15, 0.2) is 0 Å². The molecule has 0 saturated heterocycles. The predicted octanol–water partition coefficient (Wildman–Crippen LogP) is 3.46. The van der Waals surface area contributed by atoms with Crippen molar-refractivity contribution in [1.82, 2.24) is 0 Å². The van der Waals surface area contributed by atoms with E-state index in [1.807, 2.05) is 24.3 Å². The van der Waals surface area contributed by atoms with Crippen molar-refractivity contribution < 1.29 is 9.53 Å². The van der Waals surface area contributed by atoms with Crippen molar-refractivity contribution in [3.8, 4) is 5.75 Å². The van der Waals surface area contributed by atoms with E-state index in [-0.39, 0.29) is 11.8 Å². The summed E-state index contributed by atoms with van der Waals surface area (Å²) in [6.45, 7) is 0.763. The standard InChI is InChI=1S/C15H20ClNO2/c1-19-14-8-4-7-13(9-14)17(15(18)10-16)11-12-5-2-3-6-12/h4,7-9,12H,2-3,5-6,10-11H2,1H3. The molecule has 1 aromatic carbocycles. The SMILES string of the molecule is COc1cccc(N(CC2CCCC2)C(=O)CCl)c1. The Morgan fingerprint density at radius 3 is 2.79 bits per heavy atom. The van der Waals surface area contributed by atoms with E-state index >= 15 is 0 Å². The van der Waals surface area contributed by atoms with Gasteiger partial charge in [-0.25, -0.2) is 0 Å². The molecule has 0 aliphatic heterocycles. The normalized spacial score (nSPS) is 15.5. The number of amides is 1. The lowest BCUT2D eigenvalue weighted by Crippen LogP contribution is -2.35. The van der Waals surface area contributed by atoms with Crippen LogP contribution in [0.2, 0.25) is 0 Å². The summed E-state index contributed by atoms with van der Waals surface area (Å²) in [5.41, 5.74) is 0.872. The molecule has 0 unspecified atom stereocenters. The highest BCUT2D eigenvalue weighted by Gasteiger charge is 2.22. The summed E-state index contributed by atoms with van der Waals surface area (Å²) in [7, 11) is 1.63. The van der Waals surface area contributed by atoms with Gasteiger partial charge in [-0.05, 0) is 30.9 Å². The first-order chi connectivity index (χ1) is 9.24. The number of nitrogens with zero attached hydrogens (tertiary/aromatic N) is 1. The number of benzene rings is 1. The first-order valence-corrected chi connectivity index (χ1v) is 7.28. The number of carbonyl (C=O) groups excluding carboxylic acids is 1. The fourth-order valence-corrected chi connectivity index (χ4v) is 2.80. The number of carbonyl (C=O) groups is 1. The summed E-state index contributed by atoms with van der Waals surface area (Å²) in [4.78, 5) is 13.9. The zero-order chi connectivity index (χ0) is 13.7. The largest absolute Gasteiger partial charge is 0.497 e. The minimum atomic E-state index is -0.0400. The van der Waals surface area contributed by atoms with Crippen LogP contribution in [0.1, 0.15) is 25.7 Å². The Bertz CT molecular complexity index is 430. The number of methoxy groups -OCH3 is 1. The number of hydrogen-bond acceptors (Lipinski definition) is 2. The second-order valence-electron chi connectivity index (χ2n) is 4.99. The van der Waals surface area contributed by atoms with Gasteiger partial charge in [-0.1, -0.05) is 18.9 Å². The third-order valence-corrected chi connectivity index (χ3v) is 3.92. The molecule has 19 heavy (non-hydrogen) atoms. The van der Waals surface area contributed by atoms with Gasteiger partial charge < -0.3 is 9.64 Å². The zero-order valence-corrected chi connectivity index (χ0v) is 12.0. The van der Waals surface area contributed by atoms with E-state index in [1.54, 1.807) is 12.0 Å². The molecule has 4 heteroatoms. The van der Waals surface area contributed by atoms with Gasteiger partial charge in [0.05, 0.1) is 7.11 Å². The van der Waals surface area contributed by atoms with E-state index in [9.17, 15) is 4.79 Å². The highest BCUT2D eigenvalue weighted by Crippen LogP contribution is 2.29. The van der Waals surface area contributed by atoms with Crippen molar-refractivity contribution in [3.05, 3.63) is 24.3 Å². The van der Waals surface area contributed by atoms with Gasteiger partial charge in [-0.2, -0.15) is 0 Å². The van der Waals surface area contributed by atoms with Crippen LogP contribution in [-0.4, -0.2) is 25.4 Å². The number of halogens is 1. The molecule has 1 saturated carbocycles. The van der Waals surface area contributed by atoms with Crippen molar-refractivity contribution in [2.24, 2.45) is 5.92 Å². The van der Waals surface area contributed by atoms with Crippen LogP contribution in [0.5, 0.6) is 5.75 Å². The van der Waals surface area contributed by atoms with Crippen LogP contribution in [-0.2, 0) is 4.79 Å². The molecular weight excluding hydrogens is 262 g/mol. The highest BCUT2D eigenvalue weighted by atomic mass is 35.5. The molecule has 0 atom stereocenters. The summed E-state index contributed by atoms with van der Waals surface area (Å²) in [6.07, 6.45) is 4.95. The zero-order valence-electron chi connectivity index (χ0n) is 11.3. The van der Waals surface area contributed by atoms with E-state index in [2.05, 4.69) is 0 Å². The van der Waals surface area contributed by atoms with Gasteiger partial charge in [0.25, 0.3) is 0 Å². The van der Waals surface area contributed by atoms with Crippen molar-refractivity contribution in [1.29, 1.82) is 0 Å². The molecule has 0 heterocycles. The van der Waals surface area contributed by atoms with Crippen LogP contribution in [0, 0.1) is 5.92 Å². The molecule has 1 amide bonds. The number of alkyl halides is 1. The molecule has 3 nitrogen and oxygen atoms in total. The van der Waals surface area contributed by atoms with Crippen molar-refractivity contribution in [2.75, 3.05) is 24.4 Å². The number of anilines is 1. The quantitative estimate of drug-likeness (QED) is 0.774. The lowest BCUT2D eigenvalue weighted by Gasteiger charge is -2.25. The molecule has 0 N–H and O–H groups in total. The maximum atomic E-state index is 12.1. The molecule has 104 valence electrons. The Morgan fingerprint density at radius 2 is 2.16 bits per heavy atom. The molecule has 0 aromatic heterocycles. The second kappa shape index (κ2) is 6.80. The highest BCUT2D eigenvalue weighted by molar-refractivity contribution is 6.29. The van der Waals surface area contributed by atoms with Crippen LogP contribution in [0.25, 0.3) is 0 Å². The molecule has 0 radical (unpaired) electrons. The Balaban J connectivity index is 2.17. The summed E-state index contributed by atoms with van der Waals surface area (Å²) >= 11 is 5.73. The maximum Gasteiger partial charge on any atom is 0.241 e. The lowest BCUT2D eigenvalue weighted by atomic mass is 10.1. The first kappa shape index (κ1) is 14.2. The Morgan fingerprint density at radius 1 is 1.42 bits per heavy atom. The Kier molecular flexibility index (Phi) is 5.08. The fourth-order valence-electron chi connectivity index (χ4n) is 2.65. The summed E-state index contributed by atoms with van der Waals surface area (Å²) in [5.74, 6) is 1.33. The van der Waals surface area contributed by atoms with Crippen LogP contribution >= 0.6 is 11.6 Å². The molecule has 2 rings (SSSR count). The molecule has 0 spiro atoms. The second-order valence-corrected chi connectivity index (χ2v) is 5.26. The average molecular weight is 282 g/mol. The van der Waals surface area contributed by atoms with Crippen molar-refractivity contribution in [3.63, 3.8) is 0 Å². The summed E-state index contributed by atoms with van der Waals surface area (Å²) < 4.78 is 5.22. The van der Waals surface area contributed by atoms with Gasteiger partial charge in [0, 0.05) is 18.3 Å². The van der Waals surface area contributed by atoms with Gasteiger partial charge in [0.2, 0.25) is 5.91 Å². The van der Waals surface area contributed by atoms with Gasteiger partial charge in [-0.15, -0.1) is 11.6 Å². The minimum absolute atomic E-state index is 0.0178. The van der Waals surface area contributed by atoms with Crippen molar-refractivity contribution in [2.45, 2.75) is 25.7 Å². The molecular formula is C15H20ClNO2. The molecule has 1 aliphatic carbocycles. The summed E-state index contributed by atoms with van der Waals surface area (Å²) in [6, 6.07) is 7.60. The molecule has 1 aliphatic rings. The maximum absolute atomic E-state index is 12.1. The van der Waals surface area contributed by atoms with Crippen LogP contribution in [0.3, 0.4) is 0 Å². The third-order valence-electron chi connectivity index (χ3n) is 3.70. The number of hydrogen-bond donors (Lipinski definition) is 0. The van der Waals surface area contributed by atoms with Crippen molar-refractivity contribution >= 4 is 23.2 Å². The van der Waals surface area contributed by atoms with Crippen LogP contribution in [0.15, 0.2) is 24.3 Å². The Hall–Kier alpha value is -1.22.